The lowest BCUT2D eigenvalue weighted by Gasteiger charge is -2.40. The molecule has 0 spiro atoms. The summed E-state index contributed by atoms with van der Waals surface area (Å²) in [7, 11) is -1.49. The predicted molar refractivity (Wildman–Crippen MR) is 168 cm³/mol. The molecular weight excluding hydrogens is 586 g/mol. The van der Waals surface area contributed by atoms with E-state index in [1.54, 1.807) is 18.9 Å². The second-order valence-corrected chi connectivity index (χ2v) is 15.5. The van der Waals surface area contributed by atoms with Crippen LogP contribution in [0.5, 0.6) is 11.5 Å². The molecule has 3 aliphatic rings. The molecule has 0 aliphatic carbocycles. The summed E-state index contributed by atoms with van der Waals surface area (Å²) >= 11 is 6.24. The highest BCUT2D eigenvalue weighted by Gasteiger charge is 2.51. The van der Waals surface area contributed by atoms with Gasteiger partial charge in [0.2, 0.25) is 5.91 Å². The molecule has 0 aromatic heterocycles. The maximum absolute atomic E-state index is 13.9. The normalized spacial score (nSPS) is 25.7. The quantitative estimate of drug-likeness (QED) is 0.328. The number of aliphatic hydroxyl groups is 1. The van der Waals surface area contributed by atoms with Crippen LogP contribution in [0, 0.1) is 5.92 Å². The van der Waals surface area contributed by atoms with E-state index in [0.29, 0.717) is 53.5 Å². The summed E-state index contributed by atoms with van der Waals surface area (Å²) in [6.45, 7) is 5.70. The summed E-state index contributed by atoms with van der Waals surface area (Å²) in [6, 6.07) is 18.4. The van der Waals surface area contributed by atoms with Crippen molar-refractivity contribution >= 4 is 33.0 Å². The Kier molecular flexibility index (Phi) is 7.76. The van der Waals surface area contributed by atoms with Gasteiger partial charge >= 0.3 is 0 Å². The Hall–Kier alpha value is -3.07. The van der Waals surface area contributed by atoms with Crippen molar-refractivity contribution in [1.82, 2.24) is 0 Å². The van der Waals surface area contributed by atoms with E-state index in [2.05, 4.69) is 0 Å². The third-order valence-corrected chi connectivity index (χ3v) is 12.5. The second kappa shape index (κ2) is 11.1. The number of ether oxygens (including phenoxy) is 2. The molecule has 9 heteroatoms. The van der Waals surface area contributed by atoms with Crippen LogP contribution in [0.15, 0.2) is 60.7 Å². The van der Waals surface area contributed by atoms with E-state index in [1.807, 2.05) is 74.5 Å². The molecular formula is C34H38ClNO6S. The summed E-state index contributed by atoms with van der Waals surface area (Å²) in [4.78, 5) is 15.7. The van der Waals surface area contributed by atoms with Gasteiger partial charge in [-0.05, 0) is 111 Å². The highest BCUT2D eigenvalue weighted by atomic mass is 35.5. The van der Waals surface area contributed by atoms with Crippen LogP contribution in [-0.4, -0.2) is 43.1 Å². The summed E-state index contributed by atoms with van der Waals surface area (Å²) < 4.78 is 37.0. The molecule has 4 unspecified atom stereocenters. The number of nitrogens with zero attached hydrogens (tertiary/aromatic N) is 1. The Labute approximate surface area is 258 Å². The molecule has 4 atom stereocenters. The third kappa shape index (κ3) is 5.32. The first-order valence-corrected chi connectivity index (χ1v) is 16.9. The number of rotatable bonds is 7. The van der Waals surface area contributed by atoms with Gasteiger partial charge in [0, 0.05) is 10.7 Å². The second-order valence-electron chi connectivity index (χ2n) is 12.5. The monoisotopic (exact) mass is 623 g/mol. The van der Waals surface area contributed by atoms with Gasteiger partial charge in [-0.15, -0.1) is 0 Å². The van der Waals surface area contributed by atoms with Crippen LogP contribution in [0.3, 0.4) is 0 Å². The zero-order valence-corrected chi connectivity index (χ0v) is 26.5. The van der Waals surface area contributed by atoms with Crippen LogP contribution in [0.4, 0.5) is 5.69 Å². The summed E-state index contributed by atoms with van der Waals surface area (Å²) in [5, 5.41) is 11.6. The molecule has 0 saturated carbocycles. The van der Waals surface area contributed by atoms with Crippen LogP contribution in [-0.2, 0) is 26.7 Å². The highest BCUT2D eigenvalue weighted by Crippen LogP contribution is 2.48. The standard InChI is InChI=1S/C34H38ClNO6S/c1-20(2)42-31-19-29-22(15-30(31)41-4)16-32(37)36(33(29)21-5-9-25(35)10-6-21)26-11-7-23(8-12-26)34(3,38)24-17-27-13-14-28(18-24)43(27,39)40/h5-12,15,19-20,24,27-28,33,38H,13-14,16-18H2,1-4H3. The first-order chi connectivity index (χ1) is 20.4. The number of hydrogen-bond donors (Lipinski definition) is 1. The Balaban J connectivity index is 1.38. The number of benzene rings is 3. The first kappa shape index (κ1) is 30.0. The number of carbonyl (C=O) groups excluding carboxylic acids is 1. The van der Waals surface area contributed by atoms with Gasteiger partial charge in [-0.3, -0.25) is 4.79 Å². The maximum Gasteiger partial charge on any atom is 0.232 e. The summed E-state index contributed by atoms with van der Waals surface area (Å²) in [5.74, 6) is 0.970. The van der Waals surface area contributed by atoms with Crippen LogP contribution in [0.2, 0.25) is 5.02 Å². The Morgan fingerprint density at radius 1 is 0.977 bits per heavy atom. The van der Waals surface area contributed by atoms with Crippen molar-refractivity contribution in [2.75, 3.05) is 12.0 Å². The van der Waals surface area contributed by atoms with Crippen molar-refractivity contribution in [2.24, 2.45) is 5.92 Å². The van der Waals surface area contributed by atoms with Gasteiger partial charge in [-0.25, -0.2) is 8.42 Å². The number of halogens is 1. The van der Waals surface area contributed by atoms with Gasteiger partial charge in [0.05, 0.1) is 41.8 Å². The van der Waals surface area contributed by atoms with Gasteiger partial charge in [-0.2, -0.15) is 0 Å². The smallest absolute Gasteiger partial charge is 0.232 e. The van der Waals surface area contributed by atoms with Crippen LogP contribution >= 0.6 is 11.6 Å². The molecule has 228 valence electrons. The van der Waals surface area contributed by atoms with Crippen LogP contribution < -0.4 is 14.4 Å². The molecule has 0 radical (unpaired) electrons. The first-order valence-electron chi connectivity index (χ1n) is 14.9. The van der Waals surface area contributed by atoms with E-state index in [4.69, 9.17) is 21.1 Å². The number of anilines is 1. The molecule has 43 heavy (non-hydrogen) atoms. The van der Waals surface area contributed by atoms with E-state index in [0.717, 1.165) is 16.7 Å². The molecule has 2 saturated heterocycles. The number of hydrogen-bond acceptors (Lipinski definition) is 6. The van der Waals surface area contributed by atoms with Crippen molar-refractivity contribution < 1.29 is 27.8 Å². The lowest BCUT2D eigenvalue weighted by molar-refractivity contribution is -0.118. The van der Waals surface area contributed by atoms with Gasteiger partial charge < -0.3 is 19.5 Å². The molecule has 3 aromatic carbocycles. The van der Waals surface area contributed by atoms with Gasteiger partial charge in [0.25, 0.3) is 0 Å². The molecule has 7 nitrogen and oxygen atoms in total. The van der Waals surface area contributed by atoms with Gasteiger partial charge in [0.15, 0.2) is 21.3 Å². The Morgan fingerprint density at radius 3 is 2.19 bits per heavy atom. The fraction of sp³-hybridized carbons (Fsp3) is 0.441. The van der Waals surface area contributed by atoms with E-state index in [9.17, 15) is 18.3 Å². The van der Waals surface area contributed by atoms with Crippen molar-refractivity contribution in [3.63, 3.8) is 0 Å². The Morgan fingerprint density at radius 2 is 1.60 bits per heavy atom. The number of carbonyl (C=O) groups is 1. The molecule has 2 fully saturated rings. The molecule has 1 N–H and O–H groups in total. The zero-order valence-electron chi connectivity index (χ0n) is 24.9. The minimum Gasteiger partial charge on any atom is -0.493 e. The third-order valence-electron chi connectivity index (χ3n) is 9.50. The number of amides is 1. The van der Waals surface area contributed by atoms with E-state index in [1.165, 1.54) is 0 Å². The lowest BCUT2D eigenvalue weighted by Crippen LogP contribution is -2.42. The summed E-state index contributed by atoms with van der Waals surface area (Å²) in [6.07, 6.45) is 2.42. The van der Waals surface area contributed by atoms with Crippen LogP contribution in [0.1, 0.15) is 74.8 Å². The molecule has 2 bridgehead atoms. The number of sulfone groups is 1. The molecule has 1 amide bonds. The fourth-order valence-electron chi connectivity index (χ4n) is 7.19. The van der Waals surface area contributed by atoms with E-state index >= 15 is 0 Å². The molecule has 3 aromatic rings. The molecule has 3 heterocycles. The number of methoxy groups -OCH3 is 1. The highest BCUT2D eigenvalue weighted by molar-refractivity contribution is 7.93. The van der Waals surface area contributed by atoms with Crippen molar-refractivity contribution in [2.45, 2.75) is 81.1 Å². The van der Waals surface area contributed by atoms with Crippen molar-refractivity contribution in [3.05, 3.63) is 87.9 Å². The maximum atomic E-state index is 13.9. The fourth-order valence-corrected chi connectivity index (χ4v) is 9.79. The summed E-state index contributed by atoms with van der Waals surface area (Å²) in [5.41, 5.74) is 2.93. The zero-order chi connectivity index (χ0) is 30.7. The average molecular weight is 624 g/mol. The largest absolute Gasteiger partial charge is 0.493 e. The topological polar surface area (TPSA) is 93.1 Å². The van der Waals surface area contributed by atoms with Crippen LogP contribution in [0.25, 0.3) is 0 Å². The minimum atomic E-state index is -3.09. The van der Waals surface area contributed by atoms with E-state index in [-0.39, 0.29) is 34.8 Å². The molecule has 6 rings (SSSR count). The van der Waals surface area contributed by atoms with E-state index < -0.39 is 21.5 Å². The van der Waals surface area contributed by atoms with Gasteiger partial charge in [0.1, 0.15) is 0 Å². The minimum absolute atomic E-state index is 0.0675. The average Bonchev–Trinajstić information content (AvgIpc) is 3.12. The lowest BCUT2D eigenvalue weighted by atomic mass is 9.78. The van der Waals surface area contributed by atoms with Gasteiger partial charge in [-0.1, -0.05) is 35.9 Å². The molecule has 3 aliphatic heterocycles. The van der Waals surface area contributed by atoms with Crippen molar-refractivity contribution in [1.29, 1.82) is 0 Å². The predicted octanol–water partition coefficient (Wildman–Crippen LogP) is 6.38. The SMILES string of the molecule is COc1cc2c(cc1OC(C)C)C(c1ccc(Cl)cc1)N(c1ccc(C(C)(O)C3CC4CCC(C3)S4(=O)=O)cc1)C(=O)C2. The van der Waals surface area contributed by atoms with Crippen molar-refractivity contribution in [3.8, 4) is 11.5 Å². The number of fused-ring (bicyclic) bond motifs is 3. The Bertz CT molecular complexity index is 1610.